The van der Waals surface area contributed by atoms with Crippen molar-refractivity contribution in [2.24, 2.45) is 0 Å². The summed E-state index contributed by atoms with van der Waals surface area (Å²) in [5.41, 5.74) is 1.43. The number of hydrogen-bond acceptors (Lipinski definition) is 4. The van der Waals surface area contributed by atoms with E-state index in [1.54, 1.807) is 0 Å². The average molecular weight is 275 g/mol. The van der Waals surface area contributed by atoms with Crippen LogP contribution in [0.4, 0.5) is 5.69 Å². The van der Waals surface area contributed by atoms with Gasteiger partial charge in [0.15, 0.2) is 0 Å². The van der Waals surface area contributed by atoms with Crippen molar-refractivity contribution in [3.63, 3.8) is 0 Å². The van der Waals surface area contributed by atoms with E-state index in [9.17, 15) is 0 Å². The van der Waals surface area contributed by atoms with Crippen LogP contribution in [0.15, 0.2) is 30.3 Å². The number of rotatable bonds is 5. The molecule has 1 N–H and O–H groups in total. The smallest absolute Gasteiger partial charge is 0.0902 e. The van der Waals surface area contributed by atoms with Gasteiger partial charge in [-0.25, -0.2) is 0 Å². The van der Waals surface area contributed by atoms with Gasteiger partial charge in [0.2, 0.25) is 0 Å². The summed E-state index contributed by atoms with van der Waals surface area (Å²) in [6, 6.07) is 10.7. The summed E-state index contributed by atoms with van der Waals surface area (Å²) in [6.07, 6.45) is 0. The third-order valence-electron chi connectivity index (χ3n) is 4.35. The van der Waals surface area contributed by atoms with Crippen LogP contribution in [-0.4, -0.2) is 62.9 Å². The van der Waals surface area contributed by atoms with Crippen molar-refractivity contribution in [2.45, 2.75) is 12.5 Å². The van der Waals surface area contributed by atoms with Crippen molar-refractivity contribution in [1.29, 1.82) is 0 Å². The van der Waals surface area contributed by atoms with Gasteiger partial charge in [-0.1, -0.05) is 18.2 Å². The first kappa shape index (κ1) is 13.9. The number of para-hydroxylation sites is 1. The molecule has 4 nitrogen and oxygen atoms in total. The molecular formula is C16H25N3O. The molecule has 0 spiro atoms. The molecular weight excluding hydrogens is 250 g/mol. The lowest BCUT2D eigenvalue weighted by Crippen LogP contribution is -2.59. The fraction of sp³-hybridized carbons (Fsp3) is 0.625. The first-order chi connectivity index (χ1) is 9.75. The summed E-state index contributed by atoms with van der Waals surface area (Å²) in [5.74, 6) is 0. The van der Waals surface area contributed by atoms with Crippen LogP contribution in [0.2, 0.25) is 0 Å². The number of ether oxygens (including phenoxy) is 1. The van der Waals surface area contributed by atoms with Gasteiger partial charge >= 0.3 is 0 Å². The van der Waals surface area contributed by atoms with Crippen LogP contribution in [0.5, 0.6) is 0 Å². The molecule has 4 heteroatoms. The minimum atomic E-state index is 0.0891. The van der Waals surface area contributed by atoms with Crippen molar-refractivity contribution in [3.05, 3.63) is 30.3 Å². The number of nitrogens with one attached hydrogen (secondary N) is 1. The molecule has 0 aliphatic carbocycles. The Balaban J connectivity index is 1.38. The lowest BCUT2D eigenvalue weighted by molar-refractivity contribution is -0.0723. The topological polar surface area (TPSA) is 27.7 Å². The Kier molecular flexibility index (Phi) is 4.24. The summed E-state index contributed by atoms with van der Waals surface area (Å²) in [4.78, 5) is 4.98. The highest BCUT2D eigenvalue weighted by atomic mass is 16.5. The summed E-state index contributed by atoms with van der Waals surface area (Å²) in [6.45, 7) is 10.6. The molecule has 20 heavy (non-hydrogen) atoms. The molecule has 2 saturated heterocycles. The van der Waals surface area contributed by atoms with Gasteiger partial charge in [-0.2, -0.15) is 0 Å². The van der Waals surface area contributed by atoms with Crippen molar-refractivity contribution in [2.75, 3.05) is 57.3 Å². The van der Waals surface area contributed by atoms with E-state index in [1.807, 2.05) is 0 Å². The fourth-order valence-electron chi connectivity index (χ4n) is 2.87. The van der Waals surface area contributed by atoms with Crippen LogP contribution in [0.25, 0.3) is 0 Å². The van der Waals surface area contributed by atoms with Gasteiger partial charge in [-0.05, 0) is 19.1 Å². The standard InChI is InChI=1S/C16H25N3O/c1-16(13-17-14-16)20-12-11-18-7-9-19(10-8-18)15-5-3-2-4-6-15/h2-6,17H,7-14H2,1H3. The quantitative estimate of drug-likeness (QED) is 0.873. The Morgan fingerprint density at radius 2 is 1.80 bits per heavy atom. The average Bonchev–Trinajstić information content (AvgIpc) is 2.47. The Labute approximate surface area is 121 Å². The monoisotopic (exact) mass is 275 g/mol. The molecule has 3 rings (SSSR count). The van der Waals surface area contributed by atoms with E-state index in [1.165, 1.54) is 5.69 Å². The SMILES string of the molecule is CC1(OCCN2CCN(c3ccccc3)CC2)CNC1. The number of hydrogen-bond donors (Lipinski definition) is 1. The predicted octanol–water partition coefficient (Wildman–Crippen LogP) is 1.19. The zero-order valence-corrected chi connectivity index (χ0v) is 12.3. The zero-order valence-electron chi connectivity index (χ0n) is 12.3. The molecule has 0 radical (unpaired) electrons. The normalized spacial score (nSPS) is 22.6. The maximum absolute atomic E-state index is 5.96. The molecule has 0 saturated carbocycles. The third kappa shape index (κ3) is 3.32. The second-order valence-corrected chi connectivity index (χ2v) is 6.07. The highest BCUT2D eigenvalue weighted by molar-refractivity contribution is 5.46. The highest BCUT2D eigenvalue weighted by Gasteiger charge is 2.32. The lowest BCUT2D eigenvalue weighted by Gasteiger charge is -2.40. The molecule has 0 bridgehead atoms. The Morgan fingerprint density at radius 3 is 2.40 bits per heavy atom. The summed E-state index contributed by atoms with van der Waals surface area (Å²) < 4.78 is 5.96. The molecule has 2 fully saturated rings. The van der Waals surface area contributed by atoms with Crippen LogP contribution in [0, 0.1) is 0 Å². The summed E-state index contributed by atoms with van der Waals surface area (Å²) >= 11 is 0. The van der Waals surface area contributed by atoms with Gasteiger partial charge in [0.05, 0.1) is 12.2 Å². The first-order valence-electron chi connectivity index (χ1n) is 7.62. The van der Waals surface area contributed by atoms with Gasteiger partial charge in [0.1, 0.15) is 0 Å². The molecule has 1 aromatic rings. The Hall–Kier alpha value is -1.10. The number of piperazine rings is 1. The third-order valence-corrected chi connectivity index (χ3v) is 4.35. The molecule has 2 aliphatic heterocycles. The minimum absolute atomic E-state index is 0.0891. The number of anilines is 1. The Bertz CT molecular complexity index is 411. The van der Waals surface area contributed by atoms with Crippen LogP contribution in [0.3, 0.4) is 0 Å². The molecule has 2 aliphatic rings. The highest BCUT2D eigenvalue weighted by Crippen LogP contribution is 2.17. The van der Waals surface area contributed by atoms with Gasteiger partial charge in [0.25, 0.3) is 0 Å². The van der Waals surface area contributed by atoms with Crippen LogP contribution >= 0.6 is 0 Å². The van der Waals surface area contributed by atoms with E-state index < -0.39 is 0 Å². The first-order valence-corrected chi connectivity index (χ1v) is 7.62. The van der Waals surface area contributed by atoms with Crippen molar-refractivity contribution in [3.8, 4) is 0 Å². The van der Waals surface area contributed by atoms with E-state index in [-0.39, 0.29) is 5.60 Å². The van der Waals surface area contributed by atoms with Gasteiger partial charge in [0, 0.05) is 51.5 Å². The molecule has 2 heterocycles. The van der Waals surface area contributed by atoms with Crippen LogP contribution in [0.1, 0.15) is 6.92 Å². The van der Waals surface area contributed by atoms with Crippen molar-refractivity contribution >= 4 is 5.69 Å². The molecule has 1 aromatic carbocycles. The van der Waals surface area contributed by atoms with Crippen LogP contribution in [-0.2, 0) is 4.74 Å². The molecule has 0 amide bonds. The zero-order chi connectivity index (χ0) is 13.8. The van der Waals surface area contributed by atoms with Crippen molar-refractivity contribution < 1.29 is 4.74 Å². The number of nitrogens with zero attached hydrogens (tertiary/aromatic N) is 2. The van der Waals surface area contributed by atoms with E-state index >= 15 is 0 Å². The van der Waals surface area contributed by atoms with E-state index in [0.717, 1.165) is 52.4 Å². The van der Waals surface area contributed by atoms with E-state index in [4.69, 9.17) is 4.74 Å². The van der Waals surface area contributed by atoms with Gasteiger partial charge in [-0.3, -0.25) is 4.90 Å². The largest absolute Gasteiger partial charge is 0.371 e. The minimum Gasteiger partial charge on any atom is -0.371 e. The lowest BCUT2D eigenvalue weighted by atomic mass is 10.0. The van der Waals surface area contributed by atoms with Gasteiger partial charge in [-0.15, -0.1) is 0 Å². The second-order valence-electron chi connectivity index (χ2n) is 6.07. The summed E-state index contributed by atoms with van der Waals surface area (Å²) in [5, 5.41) is 3.27. The Morgan fingerprint density at radius 1 is 1.10 bits per heavy atom. The molecule has 0 atom stereocenters. The second kappa shape index (κ2) is 6.12. The van der Waals surface area contributed by atoms with E-state index in [0.29, 0.717) is 0 Å². The maximum Gasteiger partial charge on any atom is 0.0902 e. The summed E-state index contributed by atoms with van der Waals surface area (Å²) in [7, 11) is 0. The van der Waals surface area contributed by atoms with Crippen LogP contribution < -0.4 is 10.2 Å². The predicted molar refractivity (Wildman–Crippen MR) is 82.3 cm³/mol. The molecule has 0 unspecified atom stereocenters. The van der Waals surface area contributed by atoms with E-state index in [2.05, 4.69) is 52.4 Å². The fourth-order valence-corrected chi connectivity index (χ4v) is 2.87. The van der Waals surface area contributed by atoms with Crippen molar-refractivity contribution in [1.82, 2.24) is 10.2 Å². The van der Waals surface area contributed by atoms with Gasteiger partial charge < -0.3 is 15.0 Å². The number of benzene rings is 1. The maximum atomic E-state index is 5.96. The molecule has 110 valence electrons. The molecule has 0 aromatic heterocycles.